The number of nitrogens with one attached hydrogen (secondary N) is 1. The van der Waals surface area contributed by atoms with Crippen LogP contribution in [0.3, 0.4) is 0 Å². The number of aliphatic carboxylic acids is 1. The second-order valence-corrected chi connectivity index (χ2v) is 5.74. The van der Waals surface area contributed by atoms with Gasteiger partial charge < -0.3 is 15.2 Å². The standard InChI is InChI=1S/C17H25NO4/c1-12(2)9-10-22-13(3)16(19)18-11-15(17(20)21)14-7-5-4-6-8-14/h4-8,12-13,15H,9-11H2,1-3H3,(H,18,19)(H,20,21). The smallest absolute Gasteiger partial charge is 0.312 e. The topological polar surface area (TPSA) is 75.6 Å². The number of benzene rings is 1. The van der Waals surface area contributed by atoms with Crippen LogP contribution in [-0.4, -0.2) is 36.2 Å². The Labute approximate surface area is 131 Å². The molecule has 22 heavy (non-hydrogen) atoms. The molecule has 0 radical (unpaired) electrons. The van der Waals surface area contributed by atoms with Crippen LogP contribution in [0.1, 0.15) is 38.7 Å². The fourth-order valence-corrected chi connectivity index (χ4v) is 1.94. The summed E-state index contributed by atoms with van der Waals surface area (Å²) in [7, 11) is 0. The Morgan fingerprint density at radius 3 is 2.36 bits per heavy atom. The summed E-state index contributed by atoms with van der Waals surface area (Å²) in [6, 6.07) is 8.88. The van der Waals surface area contributed by atoms with E-state index in [4.69, 9.17) is 4.74 Å². The Hall–Kier alpha value is -1.88. The van der Waals surface area contributed by atoms with Crippen LogP contribution >= 0.6 is 0 Å². The lowest BCUT2D eigenvalue weighted by atomic mass is 9.99. The van der Waals surface area contributed by atoms with E-state index in [0.29, 0.717) is 18.1 Å². The SMILES string of the molecule is CC(C)CCOC(C)C(=O)NCC(C(=O)O)c1ccccc1. The van der Waals surface area contributed by atoms with E-state index in [0.717, 1.165) is 6.42 Å². The second kappa shape index (κ2) is 9.20. The summed E-state index contributed by atoms with van der Waals surface area (Å²) in [6.07, 6.45) is 0.309. The maximum atomic E-state index is 11.9. The zero-order valence-electron chi connectivity index (χ0n) is 13.4. The lowest BCUT2D eigenvalue weighted by Crippen LogP contribution is -2.38. The monoisotopic (exact) mass is 307 g/mol. The highest BCUT2D eigenvalue weighted by molar-refractivity contribution is 5.82. The number of carbonyl (C=O) groups excluding carboxylic acids is 1. The van der Waals surface area contributed by atoms with E-state index in [-0.39, 0.29) is 12.5 Å². The lowest BCUT2D eigenvalue weighted by molar-refractivity contribution is -0.139. The van der Waals surface area contributed by atoms with Gasteiger partial charge in [-0.05, 0) is 24.8 Å². The van der Waals surface area contributed by atoms with E-state index < -0.39 is 18.0 Å². The van der Waals surface area contributed by atoms with Crippen molar-refractivity contribution in [3.05, 3.63) is 35.9 Å². The second-order valence-electron chi connectivity index (χ2n) is 5.74. The van der Waals surface area contributed by atoms with E-state index in [1.807, 2.05) is 6.07 Å². The summed E-state index contributed by atoms with van der Waals surface area (Å²) < 4.78 is 5.45. The first-order chi connectivity index (χ1) is 10.4. The van der Waals surface area contributed by atoms with Crippen molar-refractivity contribution in [2.75, 3.05) is 13.2 Å². The minimum atomic E-state index is -0.958. The highest BCUT2D eigenvalue weighted by Gasteiger charge is 2.22. The summed E-state index contributed by atoms with van der Waals surface area (Å²) in [5, 5.41) is 12.0. The molecule has 0 heterocycles. The molecule has 1 aromatic carbocycles. The molecule has 2 N–H and O–H groups in total. The zero-order chi connectivity index (χ0) is 16.5. The lowest BCUT2D eigenvalue weighted by Gasteiger charge is -2.17. The summed E-state index contributed by atoms with van der Waals surface area (Å²) in [4.78, 5) is 23.3. The van der Waals surface area contributed by atoms with Gasteiger partial charge in [0, 0.05) is 13.2 Å². The van der Waals surface area contributed by atoms with Crippen LogP contribution in [0.5, 0.6) is 0 Å². The number of amides is 1. The van der Waals surface area contributed by atoms with Crippen molar-refractivity contribution >= 4 is 11.9 Å². The largest absolute Gasteiger partial charge is 0.481 e. The van der Waals surface area contributed by atoms with Gasteiger partial charge in [-0.1, -0.05) is 44.2 Å². The van der Waals surface area contributed by atoms with Crippen molar-refractivity contribution in [2.24, 2.45) is 5.92 Å². The molecule has 5 heteroatoms. The van der Waals surface area contributed by atoms with Gasteiger partial charge in [0.25, 0.3) is 0 Å². The van der Waals surface area contributed by atoms with Crippen LogP contribution in [0.25, 0.3) is 0 Å². The van der Waals surface area contributed by atoms with Gasteiger partial charge in [-0.3, -0.25) is 9.59 Å². The van der Waals surface area contributed by atoms with E-state index >= 15 is 0 Å². The van der Waals surface area contributed by atoms with Crippen LogP contribution < -0.4 is 5.32 Å². The van der Waals surface area contributed by atoms with Crippen molar-refractivity contribution in [1.82, 2.24) is 5.32 Å². The Morgan fingerprint density at radius 2 is 1.82 bits per heavy atom. The number of carbonyl (C=O) groups is 2. The van der Waals surface area contributed by atoms with Gasteiger partial charge in [0.15, 0.2) is 0 Å². The van der Waals surface area contributed by atoms with Crippen molar-refractivity contribution in [3.63, 3.8) is 0 Å². The highest BCUT2D eigenvalue weighted by atomic mass is 16.5. The third kappa shape index (κ3) is 6.26. The molecule has 1 rings (SSSR count). The third-order valence-electron chi connectivity index (χ3n) is 3.41. The van der Waals surface area contributed by atoms with Crippen molar-refractivity contribution in [1.29, 1.82) is 0 Å². The molecule has 0 fully saturated rings. The van der Waals surface area contributed by atoms with Gasteiger partial charge in [-0.2, -0.15) is 0 Å². The quantitative estimate of drug-likeness (QED) is 0.734. The number of carboxylic acids is 1. The van der Waals surface area contributed by atoms with Gasteiger partial charge in [0.2, 0.25) is 5.91 Å². The van der Waals surface area contributed by atoms with Gasteiger partial charge in [-0.15, -0.1) is 0 Å². The molecule has 0 aromatic heterocycles. The van der Waals surface area contributed by atoms with Crippen LogP contribution in [0.15, 0.2) is 30.3 Å². The Kier molecular flexibility index (Phi) is 7.60. The molecular weight excluding hydrogens is 282 g/mol. The Balaban J connectivity index is 2.48. The molecule has 0 aliphatic carbocycles. The number of hydrogen-bond acceptors (Lipinski definition) is 3. The van der Waals surface area contributed by atoms with E-state index in [2.05, 4.69) is 19.2 Å². The fourth-order valence-electron chi connectivity index (χ4n) is 1.94. The van der Waals surface area contributed by atoms with Crippen LogP contribution in [0, 0.1) is 5.92 Å². The minimum absolute atomic E-state index is 0.0516. The van der Waals surface area contributed by atoms with Crippen LogP contribution in [0.2, 0.25) is 0 Å². The van der Waals surface area contributed by atoms with Gasteiger partial charge in [-0.25, -0.2) is 0 Å². The molecule has 0 saturated heterocycles. The maximum absolute atomic E-state index is 11.9. The van der Waals surface area contributed by atoms with Gasteiger partial charge >= 0.3 is 5.97 Å². The normalized spacial score (nSPS) is 13.6. The van der Waals surface area contributed by atoms with Gasteiger partial charge in [0.05, 0.1) is 5.92 Å². The molecule has 122 valence electrons. The zero-order valence-corrected chi connectivity index (χ0v) is 13.4. The summed E-state index contributed by atoms with van der Waals surface area (Å²) in [5.74, 6) is -1.48. The van der Waals surface area contributed by atoms with Gasteiger partial charge in [0.1, 0.15) is 6.10 Å². The fraction of sp³-hybridized carbons (Fsp3) is 0.529. The average Bonchev–Trinajstić information content (AvgIpc) is 2.47. The Bertz CT molecular complexity index is 473. The molecule has 0 aliphatic heterocycles. The predicted molar refractivity (Wildman–Crippen MR) is 84.7 cm³/mol. The molecular formula is C17H25NO4. The van der Waals surface area contributed by atoms with Crippen molar-refractivity contribution in [2.45, 2.75) is 39.2 Å². The first-order valence-corrected chi connectivity index (χ1v) is 7.59. The molecule has 0 aliphatic rings. The molecule has 5 nitrogen and oxygen atoms in total. The highest BCUT2D eigenvalue weighted by Crippen LogP contribution is 2.14. The number of hydrogen-bond donors (Lipinski definition) is 2. The summed E-state index contributed by atoms with van der Waals surface area (Å²) in [5.41, 5.74) is 0.670. The van der Waals surface area contributed by atoms with E-state index in [1.54, 1.807) is 31.2 Å². The predicted octanol–water partition coefficient (Wildman–Crippen LogP) is 2.42. The number of ether oxygens (including phenoxy) is 1. The van der Waals surface area contributed by atoms with Crippen molar-refractivity contribution in [3.8, 4) is 0 Å². The molecule has 0 bridgehead atoms. The summed E-state index contributed by atoms with van der Waals surface area (Å²) in [6.45, 7) is 6.42. The van der Waals surface area contributed by atoms with E-state index in [9.17, 15) is 14.7 Å². The molecule has 2 unspecified atom stereocenters. The summed E-state index contributed by atoms with van der Waals surface area (Å²) >= 11 is 0. The van der Waals surface area contributed by atoms with Crippen molar-refractivity contribution < 1.29 is 19.4 Å². The first-order valence-electron chi connectivity index (χ1n) is 7.59. The average molecular weight is 307 g/mol. The number of carboxylic acid groups (broad SMARTS) is 1. The van der Waals surface area contributed by atoms with Crippen LogP contribution in [-0.2, 0) is 14.3 Å². The Morgan fingerprint density at radius 1 is 1.18 bits per heavy atom. The molecule has 0 spiro atoms. The first kappa shape index (κ1) is 18.2. The molecule has 1 amide bonds. The molecule has 1 aromatic rings. The number of rotatable bonds is 9. The molecule has 2 atom stereocenters. The third-order valence-corrected chi connectivity index (χ3v) is 3.41. The molecule has 0 saturated carbocycles. The minimum Gasteiger partial charge on any atom is -0.481 e. The van der Waals surface area contributed by atoms with E-state index in [1.165, 1.54) is 0 Å². The van der Waals surface area contributed by atoms with Crippen LogP contribution in [0.4, 0.5) is 0 Å². The maximum Gasteiger partial charge on any atom is 0.312 e.